The Labute approximate surface area is 181 Å². The Hall–Kier alpha value is -3.02. The third-order valence-electron chi connectivity index (χ3n) is 5.14. The number of nitrogens with one attached hydrogen (secondary N) is 1. The first-order valence-electron chi connectivity index (χ1n) is 9.68. The highest BCUT2D eigenvalue weighted by Crippen LogP contribution is 2.29. The summed E-state index contributed by atoms with van der Waals surface area (Å²) in [5.74, 6) is -0.312. The van der Waals surface area contributed by atoms with Crippen LogP contribution in [0.2, 0.25) is 0 Å². The van der Waals surface area contributed by atoms with E-state index in [1.165, 1.54) is 15.6 Å². The van der Waals surface area contributed by atoms with Crippen LogP contribution in [0, 0.1) is 5.92 Å². The number of nitrogens with zero attached hydrogens (tertiary/aromatic N) is 3. The number of carbonyl (C=O) groups excluding carboxylic acids is 1. The van der Waals surface area contributed by atoms with Crippen molar-refractivity contribution in [1.29, 1.82) is 0 Å². The molecule has 1 saturated heterocycles. The number of para-hydroxylation sites is 1. The van der Waals surface area contributed by atoms with Gasteiger partial charge in [-0.1, -0.05) is 29.4 Å². The number of piperidine rings is 1. The molecule has 1 unspecified atom stereocenters. The number of rotatable bonds is 5. The van der Waals surface area contributed by atoms with E-state index in [1.54, 1.807) is 23.6 Å². The molecular weight excluding hydrogens is 440 g/mol. The predicted molar refractivity (Wildman–Crippen MR) is 114 cm³/mol. The highest BCUT2D eigenvalue weighted by atomic mass is 32.2. The average molecular weight is 459 g/mol. The molecule has 1 amide bonds. The summed E-state index contributed by atoms with van der Waals surface area (Å²) < 4.78 is 38.4. The molecule has 0 spiro atoms. The lowest BCUT2D eigenvalue weighted by molar-refractivity contribution is -0.121. The fraction of sp³-hybridized carbons (Fsp3) is 0.250. The lowest BCUT2D eigenvalue weighted by Crippen LogP contribution is -2.43. The number of amides is 1. The van der Waals surface area contributed by atoms with E-state index in [-0.39, 0.29) is 28.6 Å². The van der Waals surface area contributed by atoms with E-state index in [0.717, 1.165) is 5.39 Å². The molecule has 1 aliphatic heterocycles. The molecule has 1 N–H and O–H groups in total. The van der Waals surface area contributed by atoms with Gasteiger partial charge in [-0.25, -0.2) is 8.42 Å². The van der Waals surface area contributed by atoms with Crippen molar-refractivity contribution in [1.82, 2.24) is 14.5 Å². The minimum absolute atomic E-state index is 0.0568. The van der Waals surface area contributed by atoms with Crippen molar-refractivity contribution >= 4 is 44.3 Å². The van der Waals surface area contributed by atoms with Crippen LogP contribution in [-0.4, -0.2) is 41.9 Å². The molecule has 4 heterocycles. The maximum absolute atomic E-state index is 12.8. The second kappa shape index (κ2) is 7.91. The molecule has 31 heavy (non-hydrogen) atoms. The molecule has 0 bridgehead atoms. The topological polar surface area (TPSA) is 119 Å². The van der Waals surface area contributed by atoms with E-state index in [1.807, 2.05) is 24.3 Å². The van der Waals surface area contributed by atoms with Gasteiger partial charge < -0.3 is 8.83 Å². The Morgan fingerprint density at radius 2 is 2.03 bits per heavy atom. The highest BCUT2D eigenvalue weighted by molar-refractivity contribution is 7.91. The molecule has 5 rings (SSSR count). The normalized spacial score (nSPS) is 17.7. The molecular formula is C20H18N4O5S2. The van der Waals surface area contributed by atoms with Crippen molar-refractivity contribution < 1.29 is 22.0 Å². The first-order chi connectivity index (χ1) is 15.0. The van der Waals surface area contributed by atoms with Gasteiger partial charge in [0.05, 0.1) is 5.92 Å². The van der Waals surface area contributed by atoms with Crippen LogP contribution in [0.5, 0.6) is 0 Å². The maximum Gasteiger partial charge on any atom is 0.322 e. The van der Waals surface area contributed by atoms with Crippen LogP contribution >= 0.6 is 11.3 Å². The van der Waals surface area contributed by atoms with Gasteiger partial charge in [-0.2, -0.15) is 4.31 Å². The number of sulfonamides is 1. The summed E-state index contributed by atoms with van der Waals surface area (Å²) in [7, 11) is -3.59. The molecule has 0 saturated carbocycles. The summed E-state index contributed by atoms with van der Waals surface area (Å²) in [6, 6.07) is 12.5. The Morgan fingerprint density at radius 1 is 1.16 bits per heavy atom. The number of benzene rings is 1. The highest BCUT2D eigenvalue weighted by Gasteiger charge is 2.34. The Bertz CT molecular complexity index is 1290. The minimum atomic E-state index is -3.59. The molecule has 1 aromatic carbocycles. The van der Waals surface area contributed by atoms with Gasteiger partial charge in [-0.05, 0) is 36.4 Å². The van der Waals surface area contributed by atoms with Crippen molar-refractivity contribution in [3.8, 4) is 11.7 Å². The van der Waals surface area contributed by atoms with Crippen molar-refractivity contribution in [2.24, 2.45) is 5.92 Å². The van der Waals surface area contributed by atoms with Crippen LogP contribution in [0.4, 0.5) is 6.01 Å². The van der Waals surface area contributed by atoms with Crippen molar-refractivity contribution in [3.63, 3.8) is 0 Å². The first kappa shape index (κ1) is 19.9. The van der Waals surface area contributed by atoms with Gasteiger partial charge in [0.25, 0.3) is 15.9 Å². The Balaban J connectivity index is 1.28. The van der Waals surface area contributed by atoms with E-state index < -0.39 is 15.9 Å². The van der Waals surface area contributed by atoms with E-state index in [0.29, 0.717) is 30.7 Å². The zero-order valence-corrected chi connectivity index (χ0v) is 17.9. The van der Waals surface area contributed by atoms with E-state index in [9.17, 15) is 13.2 Å². The number of hydrogen-bond donors (Lipinski definition) is 1. The number of hydrogen-bond acceptors (Lipinski definition) is 8. The number of thiophene rings is 1. The summed E-state index contributed by atoms with van der Waals surface area (Å²) >= 11 is 1.17. The lowest BCUT2D eigenvalue weighted by atomic mass is 9.99. The second-order valence-electron chi connectivity index (χ2n) is 7.18. The van der Waals surface area contributed by atoms with E-state index in [4.69, 9.17) is 8.83 Å². The average Bonchev–Trinajstić information content (AvgIpc) is 3.53. The SMILES string of the molecule is O=C(Nc1nnc(-c2cc3ccccc3o2)o1)C1CCCN(S(=O)(=O)c2cccs2)C1. The van der Waals surface area contributed by atoms with E-state index >= 15 is 0 Å². The molecule has 1 fully saturated rings. The fourth-order valence-corrected chi connectivity index (χ4v) is 6.25. The van der Waals surface area contributed by atoms with Crippen LogP contribution in [0.25, 0.3) is 22.6 Å². The summed E-state index contributed by atoms with van der Waals surface area (Å²) in [5, 5.41) is 13.0. The lowest BCUT2D eigenvalue weighted by Gasteiger charge is -2.30. The van der Waals surface area contributed by atoms with Crippen LogP contribution in [0.15, 0.2) is 60.9 Å². The van der Waals surface area contributed by atoms with Crippen LogP contribution in [-0.2, 0) is 14.8 Å². The fourth-order valence-electron chi connectivity index (χ4n) is 3.58. The minimum Gasteiger partial charge on any atom is -0.451 e. The molecule has 1 aliphatic rings. The molecule has 3 aromatic heterocycles. The van der Waals surface area contributed by atoms with Crippen molar-refractivity contribution in [2.45, 2.75) is 17.1 Å². The summed E-state index contributed by atoms with van der Waals surface area (Å²) in [6.07, 6.45) is 1.17. The van der Waals surface area contributed by atoms with Gasteiger partial charge in [0, 0.05) is 18.5 Å². The van der Waals surface area contributed by atoms with Crippen molar-refractivity contribution in [2.75, 3.05) is 18.4 Å². The number of fused-ring (bicyclic) bond motifs is 1. The molecule has 1 atom stereocenters. The predicted octanol–water partition coefficient (Wildman–Crippen LogP) is 3.58. The number of aromatic nitrogens is 2. The molecule has 160 valence electrons. The molecule has 0 radical (unpaired) electrons. The summed E-state index contributed by atoms with van der Waals surface area (Å²) in [4.78, 5) is 12.7. The Kier molecular flexibility index (Phi) is 5.08. The monoisotopic (exact) mass is 458 g/mol. The summed E-state index contributed by atoms with van der Waals surface area (Å²) in [6.45, 7) is 0.497. The molecule has 9 nitrogen and oxygen atoms in total. The largest absolute Gasteiger partial charge is 0.451 e. The van der Waals surface area contributed by atoms with Gasteiger partial charge >= 0.3 is 6.01 Å². The number of furan rings is 1. The van der Waals surface area contributed by atoms with Gasteiger partial charge in [-0.3, -0.25) is 10.1 Å². The Morgan fingerprint density at radius 3 is 2.84 bits per heavy atom. The quantitative estimate of drug-likeness (QED) is 0.485. The molecule has 0 aliphatic carbocycles. The summed E-state index contributed by atoms with van der Waals surface area (Å²) in [5.41, 5.74) is 0.690. The van der Waals surface area contributed by atoms with Gasteiger partial charge in [-0.15, -0.1) is 16.4 Å². The standard InChI is InChI=1S/C20H18N4O5S2/c25-18(14-6-3-9-24(12-14)31(26,27)17-8-4-10-30-17)21-20-23-22-19(29-20)16-11-13-5-1-2-7-15(13)28-16/h1-2,4-5,7-8,10-11,14H,3,6,9,12H2,(H,21,23,25). The zero-order chi connectivity index (χ0) is 21.4. The van der Waals surface area contributed by atoms with Crippen LogP contribution in [0.3, 0.4) is 0 Å². The smallest absolute Gasteiger partial charge is 0.322 e. The van der Waals surface area contributed by atoms with Crippen LogP contribution < -0.4 is 5.32 Å². The third kappa shape index (κ3) is 3.87. The second-order valence-corrected chi connectivity index (χ2v) is 10.3. The van der Waals surface area contributed by atoms with Gasteiger partial charge in [0.1, 0.15) is 9.79 Å². The maximum atomic E-state index is 12.8. The molecule has 11 heteroatoms. The first-order valence-corrected chi connectivity index (χ1v) is 12.0. The van der Waals surface area contributed by atoms with Crippen molar-refractivity contribution in [3.05, 3.63) is 47.8 Å². The number of anilines is 1. The van der Waals surface area contributed by atoms with Crippen LogP contribution in [0.1, 0.15) is 12.8 Å². The number of carbonyl (C=O) groups is 1. The van der Waals surface area contributed by atoms with Gasteiger partial charge in [0.2, 0.25) is 5.91 Å². The third-order valence-corrected chi connectivity index (χ3v) is 8.37. The molecule has 4 aromatic rings. The van der Waals surface area contributed by atoms with E-state index in [2.05, 4.69) is 15.5 Å². The van der Waals surface area contributed by atoms with Gasteiger partial charge in [0.15, 0.2) is 5.76 Å². The zero-order valence-electron chi connectivity index (χ0n) is 16.2.